The van der Waals surface area contributed by atoms with Crippen molar-refractivity contribution < 1.29 is 13.9 Å². The third kappa shape index (κ3) is 3.62. The summed E-state index contributed by atoms with van der Waals surface area (Å²) in [5, 5.41) is 0. The summed E-state index contributed by atoms with van der Waals surface area (Å²) in [5.41, 5.74) is 6.29. The van der Waals surface area contributed by atoms with Crippen LogP contribution < -0.4 is 5.73 Å². The van der Waals surface area contributed by atoms with Crippen LogP contribution in [-0.4, -0.2) is 24.5 Å². The Morgan fingerprint density at radius 3 is 2.44 bits per heavy atom. The third-order valence-corrected chi connectivity index (χ3v) is 3.34. The van der Waals surface area contributed by atoms with Crippen LogP contribution in [0.3, 0.4) is 0 Å². The monoisotopic (exact) mass is 251 g/mol. The fraction of sp³-hybridized carbons (Fsp3) is 0.500. The predicted octanol–water partition coefficient (Wildman–Crippen LogP) is 2.29. The molecule has 0 bridgehead atoms. The summed E-state index contributed by atoms with van der Waals surface area (Å²) >= 11 is 0. The van der Waals surface area contributed by atoms with E-state index in [0.29, 0.717) is 5.56 Å². The smallest absolute Gasteiger partial charge is 0.188 e. The second-order valence-corrected chi connectivity index (χ2v) is 4.78. The number of halogens is 1. The van der Waals surface area contributed by atoms with Gasteiger partial charge in [-0.3, -0.25) is 4.79 Å². The first-order valence-corrected chi connectivity index (χ1v) is 6.31. The summed E-state index contributed by atoms with van der Waals surface area (Å²) in [7, 11) is 0. The van der Waals surface area contributed by atoms with Crippen LogP contribution >= 0.6 is 0 Å². The van der Waals surface area contributed by atoms with Crippen LogP contribution in [0.15, 0.2) is 24.3 Å². The summed E-state index contributed by atoms with van der Waals surface area (Å²) in [4.78, 5) is 11.8. The van der Waals surface area contributed by atoms with Crippen molar-refractivity contribution in [3.63, 3.8) is 0 Å². The second kappa shape index (κ2) is 6.07. The maximum absolute atomic E-state index is 12.7. The molecule has 3 nitrogen and oxygen atoms in total. The highest BCUT2D eigenvalue weighted by Crippen LogP contribution is 2.20. The normalized spacial score (nSPS) is 23.9. The van der Waals surface area contributed by atoms with Crippen LogP contribution in [0.5, 0.6) is 0 Å². The van der Waals surface area contributed by atoms with Gasteiger partial charge in [-0.15, -0.1) is 0 Å². The Hall–Kier alpha value is -1.26. The van der Waals surface area contributed by atoms with E-state index in [1.807, 2.05) is 0 Å². The molecule has 0 aromatic heterocycles. The van der Waals surface area contributed by atoms with Crippen LogP contribution in [-0.2, 0) is 4.74 Å². The minimum absolute atomic E-state index is 0.0610. The number of rotatable bonds is 4. The van der Waals surface area contributed by atoms with E-state index in [2.05, 4.69) is 0 Å². The molecule has 2 rings (SSSR count). The third-order valence-electron chi connectivity index (χ3n) is 3.34. The standard InChI is InChI=1S/C14H18FNO2/c15-11-3-1-10(2-4-11)14(17)9-18-13-7-5-12(16)6-8-13/h1-4,12-13H,5-9,16H2. The Morgan fingerprint density at radius 2 is 1.83 bits per heavy atom. The second-order valence-electron chi connectivity index (χ2n) is 4.78. The summed E-state index contributed by atoms with van der Waals surface area (Å²) in [5.74, 6) is -0.446. The lowest BCUT2D eigenvalue weighted by Crippen LogP contribution is -2.31. The molecule has 2 N–H and O–H groups in total. The van der Waals surface area contributed by atoms with Gasteiger partial charge in [-0.05, 0) is 49.9 Å². The largest absolute Gasteiger partial charge is 0.370 e. The van der Waals surface area contributed by atoms with Crippen molar-refractivity contribution >= 4 is 5.78 Å². The molecular formula is C14H18FNO2. The molecule has 0 radical (unpaired) electrons. The fourth-order valence-corrected chi connectivity index (χ4v) is 2.17. The van der Waals surface area contributed by atoms with Crippen molar-refractivity contribution in [2.75, 3.05) is 6.61 Å². The van der Waals surface area contributed by atoms with Gasteiger partial charge in [0.1, 0.15) is 12.4 Å². The van der Waals surface area contributed by atoms with Gasteiger partial charge in [0, 0.05) is 11.6 Å². The van der Waals surface area contributed by atoms with Crippen LogP contribution in [0.1, 0.15) is 36.0 Å². The first kappa shape index (κ1) is 13.2. The maximum Gasteiger partial charge on any atom is 0.188 e. The molecule has 0 aliphatic heterocycles. The summed E-state index contributed by atoms with van der Waals surface area (Å²) in [6.07, 6.45) is 3.87. The molecule has 0 heterocycles. The molecule has 1 aliphatic carbocycles. The number of carbonyl (C=O) groups is 1. The first-order chi connectivity index (χ1) is 8.65. The molecule has 1 saturated carbocycles. The van der Waals surface area contributed by atoms with Crippen LogP contribution in [0, 0.1) is 5.82 Å². The van der Waals surface area contributed by atoms with E-state index < -0.39 is 0 Å². The van der Waals surface area contributed by atoms with Gasteiger partial charge in [0.2, 0.25) is 0 Å². The predicted molar refractivity (Wildman–Crippen MR) is 66.9 cm³/mol. The molecule has 1 aromatic rings. The van der Waals surface area contributed by atoms with Gasteiger partial charge in [-0.2, -0.15) is 0 Å². The highest BCUT2D eigenvalue weighted by atomic mass is 19.1. The van der Waals surface area contributed by atoms with Gasteiger partial charge in [-0.25, -0.2) is 4.39 Å². The van der Waals surface area contributed by atoms with E-state index in [1.54, 1.807) is 0 Å². The molecule has 98 valence electrons. The van der Waals surface area contributed by atoms with Crippen molar-refractivity contribution in [3.8, 4) is 0 Å². The van der Waals surface area contributed by atoms with Crippen molar-refractivity contribution in [2.45, 2.75) is 37.8 Å². The molecule has 1 aromatic carbocycles. The molecule has 0 unspecified atom stereocenters. The number of ether oxygens (including phenoxy) is 1. The van der Waals surface area contributed by atoms with E-state index in [1.165, 1.54) is 24.3 Å². The van der Waals surface area contributed by atoms with Crippen molar-refractivity contribution in [3.05, 3.63) is 35.6 Å². The van der Waals surface area contributed by atoms with Gasteiger partial charge in [0.05, 0.1) is 6.10 Å². The van der Waals surface area contributed by atoms with E-state index in [-0.39, 0.29) is 30.4 Å². The Labute approximate surface area is 106 Å². The van der Waals surface area contributed by atoms with E-state index in [9.17, 15) is 9.18 Å². The molecular weight excluding hydrogens is 233 g/mol. The number of carbonyl (C=O) groups excluding carboxylic acids is 1. The van der Waals surface area contributed by atoms with Crippen molar-refractivity contribution in [1.82, 2.24) is 0 Å². The molecule has 18 heavy (non-hydrogen) atoms. The number of hydrogen-bond donors (Lipinski definition) is 1. The van der Waals surface area contributed by atoms with E-state index in [4.69, 9.17) is 10.5 Å². The summed E-state index contributed by atoms with van der Waals surface area (Å²) in [6.45, 7) is 0.0610. The minimum atomic E-state index is -0.339. The Balaban J connectivity index is 1.79. The van der Waals surface area contributed by atoms with Gasteiger partial charge >= 0.3 is 0 Å². The zero-order valence-electron chi connectivity index (χ0n) is 10.3. The molecule has 0 spiro atoms. The number of hydrogen-bond acceptors (Lipinski definition) is 3. The molecule has 4 heteroatoms. The van der Waals surface area contributed by atoms with Crippen LogP contribution in [0.2, 0.25) is 0 Å². The van der Waals surface area contributed by atoms with Crippen molar-refractivity contribution in [2.24, 2.45) is 5.73 Å². The van der Waals surface area contributed by atoms with E-state index >= 15 is 0 Å². The Bertz CT molecular complexity index is 397. The van der Waals surface area contributed by atoms with Crippen LogP contribution in [0.25, 0.3) is 0 Å². The molecule has 0 atom stereocenters. The number of benzene rings is 1. The lowest BCUT2D eigenvalue weighted by Gasteiger charge is -2.25. The highest BCUT2D eigenvalue weighted by Gasteiger charge is 2.19. The van der Waals surface area contributed by atoms with Gasteiger partial charge in [0.25, 0.3) is 0 Å². The SMILES string of the molecule is NC1CCC(OCC(=O)c2ccc(F)cc2)CC1. The average molecular weight is 251 g/mol. The van der Waals surface area contributed by atoms with Crippen molar-refractivity contribution in [1.29, 1.82) is 0 Å². The molecule has 1 fully saturated rings. The first-order valence-electron chi connectivity index (χ1n) is 6.31. The lowest BCUT2D eigenvalue weighted by atomic mass is 9.94. The number of nitrogens with two attached hydrogens (primary N) is 1. The lowest BCUT2D eigenvalue weighted by molar-refractivity contribution is 0.0260. The molecule has 0 saturated heterocycles. The summed E-state index contributed by atoms with van der Waals surface area (Å²) in [6, 6.07) is 5.81. The molecule has 0 amide bonds. The topological polar surface area (TPSA) is 52.3 Å². The number of Topliss-reactive ketones (excluding diaryl/α,β-unsaturated/α-hetero) is 1. The van der Waals surface area contributed by atoms with E-state index in [0.717, 1.165) is 25.7 Å². The maximum atomic E-state index is 12.7. The zero-order chi connectivity index (χ0) is 13.0. The molecule has 1 aliphatic rings. The quantitative estimate of drug-likeness (QED) is 0.835. The number of ketones is 1. The van der Waals surface area contributed by atoms with Crippen LogP contribution in [0.4, 0.5) is 4.39 Å². The Kier molecular flexibility index (Phi) is 4.44. The zero-order valence-corrected chi connectivity index (χ0v) is 10.3. The van der Waals surface area contributed by atoms with Gasteiger partial charge in [-0.1, -0.05) is 0 Å². The van der Waals surface area contributed by atoms with Gasteiger partial charge < -0.3 is 10.5 Å². The highest BCUT2D eigenvalue weighted by molar-refractivity contribution is 5.97. The average Bonchev–Trinajstić information content (AvgIpc) is 2.38. The van der Waals surface area contributed by atoms with Gasteiger partial charge in [0.15, 0.2) is 5.78 Å². The summed E-state index contributed by atoms with van der Waals surface area (Å²) < 4.78 is 18.3. The fourth-order valence-electron chi connectivity index (χ4n) is 2.17. The Morgan fingerprint density at radius 1 is 1.22 bits per heavy atom. The minimum Gasteiger partial charge on any atom is -0.370 e.